The Morgan fingerprint density at radius 2 is 2.25 bits per heavy atom. The van der Waals surface area contributed by atoms with Crippen LogP contribution in [0.1, 0.15) is 20.3 Å². The fourth-order valence-corrected chi connectivity index (χ4v) is 0.769. The zero-order valence-corrected chi connectivity index (χ0v) is 7.28. The normalized spacial score (nSPS) is 17.4. The summed E-state index contributed by atoms with van der Waals surface area (Å²) in [4.78, 5) is 0. The summed E-state index contributed by atoms with van der Waals surface area (Å²) in [5.41, 5.74) is 1.80. The van der Waals surface area contributed by atoms with Crippen LogP contribution in [-0.2, 0) is 0 Å². The van der Waals surface area contributed by atoms with Crippen molar-refractivity contribution in [1.29, 1.82) is 5.26 Å². The first-order chi connectivity index (χ1) is 5.76. The first kappa shape index (κ1) is 10.4. The maximum Gasteiger partial charge on any atom is 0.0862 e. The highest BCUT2D eigenvalue weighted by Crippen LogP contribution is 2.07. The summed E-state index contributed by atoms with van der Waals surface area (Å²) < 4.78 is 0. The highest BCUT2D eigenvalue weighted by atomic mass is 16.4. The molecule has 1 aliphatic rings. The molecule has 0 aliphatic heterocycles. The van der Waals surface area contributed by atoms with Crippen molar-refractivity contribution in [1.82, 2.24) is 0 Å². The summed E-state index contributed by atoms with van der Waals surface area (Å²) in [6.45, 7) is 3.36. The van der Waals surface area contributed by atoms with Gasteiger partial charge >= 0.3 is 0 Å². The Bertz CT molecular complexity index is 256. The number of nitrogens with zero attached hydrogens (tertiary/aromatic N) is 2. The van der Waals surface area contributed by atoms with Crippen LogP contribution in [0.15, 0.2) is 29.0 Å². The molecule has 0 heterocycles. The number of oxime groups is 1. The number of hydrogen-bond acceptors (Lipinski definition) is 3. The van der Waals surface area contributed by atoms with E-state index in [0.29, 0.717) is 0 Å². The van der Waals surface area contributed by atoms with Crippen LogP contribution in [0.5, 0.6) is 0 Å². The van der Waals surface area contributed by atoms with Crippen molar-refractivity contribution in [3.8, 4) is 6.07 Å². The monoisotopic (exact) mass is 164 g/mol. The van der Waals surface area contributed by atoms with E-state index in [4.69, 9.17) is 10.5 Å². The third-order valence-corrected chi connectivity index (χ3v) is 1.37. The summed E-state index contributed by atoms with van der Waals surface area (Å²) in [5.74, 6) is 0. The summed E-state index contributed by atoms with van der Waals surface area (Å²) in [7, 11) is 0. The molecule has 0 atom stereocenters. The molecule has 0 saturated carbocycles. The van der Waals surface area contributed by atoms with E-state index < -0.39 is 0 Å². The molecule has 1 N–H and O–H groups in total. The molecular weight excluding hydrogens is 152 g/mol. The van der Waals surface area contributed by atoms with Gasteiger partial charge in [-0.1, -0.05) is 23.4 Å². The van der Waals surface area contributed by atoms with Crippen LogP contribution in [-0.4, -0.2) is 10.9 Å². The lowest BCUT2D eigenvalue weighted by atomic mass is 10.1. The molecular formula is C9H12N2O. The maximum absolute atomic E-state index is 8.37. The minimum Gasteiger partial charge on any atom is -0.411 e. The molecule has 0 saturated heterocycles. The smallest absolute Gasteiger partial charge is 0.0862 e. The van der Waals surface area contributed by atoms with Crippen molar-refractivity contribution in [3.05, 3.63) is 23.8 Å². The Kier molecular flexibility index (Phi) is 5.37. The summed E-state index contributed by atoms with van der Waals surface area (Å²) in [6, 6.07) is 1.75. The number of nitriles is 1. The van der Waals surface area contributed by atoms with Crippen LogP contribution < -0.4 is 0 Å². The van der Waals surface area contributed by atoms with Gasteiger partial charge < -0.3 is 5.21 Å². The maximum atomic E-state index is 8.37. The van der Waals surface area contributed by atoms with E-state index in [1.807, 2.05) is 25.2 Å². The van der Waals surface area contributed by atoms with E-state index >= 15 is 0 Å². The molecule has 1 aliphatic carbocycles. The number of allylic oxidation sites excluding steroid dienone is 4. The zero-order valence-electron chi connectivity index (χ0n) is 7.28. The van der Waals surface area contributed by atoms with E-state index in [0.717, 1.165) is 17.7 Å². The third kappa shape index (κ3) is 3.57. The van der Waals surface area contributed by atoms with Gasteiger partial charge in [0.15, 0.2) is 0 Å². The minimum absolute atomic E-state index is 0.749. The Morgan fingerprint density at radius 1 is 1.67 bits per heavy atom. The molecule has 12 heavy (non-hydrogen) atoms. The predicted molar refractivity (Wildman–Crippen MR) is 48.0 cm³/mol. The average molecular weight is 164 g/mol. The van der Waals surface area contributed by atoms with Crippen LogP contribution in [0.2, 0.25) is 0 Å². The Labute approximate surface area is 72.3 Å². The molecule has 3 nitrogen and oxygen atoms in total. The highest BCUT2D eigenvalue weighted by molar-refractivity contribution is 6.01. The van der Waals surface area contributed by atoms with Crippen molar-refractivity contribution < 1.29 is 5.21 Å². The molecule has 0 unspecified atom stereocenters. The lowest BCUT2D eigenvalue weighted by Crippen LogP contribution is -2.00. The molecule has 64 valence electrons. The molecule has 3 heteroatoms. The van der Waals surface area contributed by atoms with Gasteiger partial charge in [0.25, 0.3) is 0 Å². The van der Waals surface area contributed by atoms with Gasteiger partial charge in [0.2, 0.25) is 0 Å². The van der Waals surface area contributed by atoms with Gasteiger partial charge in [-0.05, 0) is 12.5 Å². The van der Waals surface area contributed by atoms with Gasteiger partial charge in [-0.25, -0.2) is 0 Å². The lowest BCUT2D eigenvalue weighted by Gasteiger charge is -2.03. The van der Waals surface area contributed by atoms with E-state index in [1.54, 1.807) is 6.07 Å². The average Bonchev–Trinajstić information content (AvgIpc) is 2.07. The minimum atomic E-state index is 0.749. The molecule has 0 aromatic heterocycles. The quantitative estimate of drug-likeness (QED) is 0.441. The lowest BCUT2D eigenvalue weighted by molar-refractivity contribution is 0.318. The summed E-state index contributed by atoms with van der Waals surface area (Å²) >= 11 is 0. The van der Waals surface area contributed by atoms with Gasteiger partial charge in [-0.15, -0.1) is 0 Å². The van der Waals surface area contributed by atoms with Crippen LogP contribution in [0, 0.1) is 11.3 Å². The van der Waals surface area contributed by atoms with E-state index in [2.05, 4.69) is 5.16 Å². The molecule has 0 fully saturated rings. The third-order valence-electron chi connectivity index (χ3n) is 1.37. The molecule has 0 amide bonds. The van der Waals surface area contributed by atoms with Crippen molar-refractivity contribution in [2.24, 2.45) is 5.16 Å². The molecule has 0 radical (unpaired) electrons. The van der Waals surface area contributed by atoms with Gasteiger partial charge in [0, 0.05) is 13.3 Å². The first-order valence-electron chi connectivity index (χ1n) is 3.61. The standard InChI is InChI=1S/C7H9NO.C2H3N/c1-6-4-2-3-5-7(6)8-9;1-2-3/h2-4,9H,5H2,1H3;1H3. The second-order valence-corrected chi connectivity index (χ2v) is 2.25. The van der Waals surface area contributed by atoms with Gasteiger partial charge in [-0.2, -0.15) is 5.26 Å². The fourth-order valence-electron chi connectivity index (χ4n) is 0.769. The van der Waals surface area contributed by atoms with Gasteiger partial charge in [0.05, 0.1) is 11.8 Å². The molecule has 1 rings (SSSR count). The van der Waals surface area contributed by atoms with E-state index in [-0.39, 0.29) is 0 Å². The van der Waals surface area contributed by atoms with Crippen molar-refractivity contribution >= 4 is 5.71 Å². The van der Waals surface area contributed by atoms with Crippen LogP contribution >= 0.6 is 0 Å². The molecule has 0 aromatic rings. The molecule has 0 bridgehead atoms. The van der Waals surface area contributed by atoms with Gasteiger partial charge in [-0.3, -0.25) is 0 Å². The zero-order chi connectivity index (χ0) is 9.40. The largest absolute Gasteiger partial charge is 0.411 e. The van der Waals surface area contributed by atoms with Crippen LogP contribution in [0.3, 0.4) is 0 Å². The Hall–Kier alpha value is -1.56. The van der Waals surface area contributed by atoms with Gasteiger partial charge in [0.1, 0.15) is 0 Å². The van der Waals surface area contributed by atoms with Crippen molar-refractivity contribution in [3.63, 3.8) is 0 Å². The van der Waals surface area contributed by atoms with Crippen LogP contribution in [0.4, 0.5) is 0 Å². The second-order valence-electron chi connectivity index (χ2n) is 2.25. The highest BCUT2D eigenvalue weighted by Gasteiger charge is 2.01. The SMILES string of the molecule is CC#N.CC1=CC=CCC1=NO. The van der Waals surface area contributed by atoms with Crippen LogP contribution in [0.25, 0.3) is 0 Å². The summed E-state index contributed by atoms with van der Waals surface area (Å²) in [5, 5.41) is 18.8. The van der Waals surface area contributed by atoms with E-state index in [1.165, 1.54) is 6.92 Å². The molecule has 0 spiro atoms. The molecule has 0 aromatic carbocycles. The predicted octanol–water partition coefficient (Wildman–Crippen LogP) is 2.25. The topological polar surface area (TPSA) is 56.4 Å². The Morgan fingerprint density at radius 3 is 2.58 bits per heavy atom. The first-order valence-corrected chi connectivity index (χ1v) is 3.61. The van der Waals surface area contributed by atoms with Crippen molar-refractivity contribution in [2.45, 2.75) is 20.3 Å². The van der Waals surface area contributed by atoms with Crippen molar-refractivity contribution in [2.75, 3.05) is 0 Å². The number of hydrogen-bond donors (Lipinski definition) is 1. The number of rotatable bonds is 0. The Balaban J connectivity index is 0.000000354. The second kappa shape index (κ2) is 6.17. The fraction of sp³-hybridized carbons (Fsp3) is 0.333. The van der Waals surface area contributed by atoms with E-state index in [9.17, 15) is 0 Å². The summed E-state index contributed by atoms with van der Waals surface area (Å²) in [6.07, 6.45) is 6.60.